The van der Waals surface area contributed by atoms with Crippen molar-refractivity contribution in [3.05, 3.63) is 58.7 Å². The van der Waals surface area contributed by atoms with Crippen LogP contribution in [0.4, 0.5) is 0 Å². The summed E-state index contributed by atoms with van der Waals surface area (Å²) < 4.78 is 12.9. The first-order valence-electron chi connectivity index (χ1n) is 13.2. The SMILES string of the molecule is CCCCC(=O)c1ccc2c(C3CCCCC3)c3n(c2c1)CC(C(=O)OC)=Cc1cc(OC)ccc1-3. The number of Topliss-reactive ketones (excluding diaryl/α,β-unsaturated/α-hetero) is 1. The summed E-state index contributed by atoms with van der Waals surface area (Å²) in [5.74, 6) is 1.04. The Kier molecular flexibility index (Phi) is 6.99. The predicted octanol–water partition coefficient (Wildman–Crippen LogP) is 7.31. The molecule has 5 nitrogen and oxygen atoms in total. The van der Waals surface area contributed by atoms with E-state index in [2.05, 4.69) is 23.6 Å². The molecule has 0 atom stereocenters. The van der Waals surface area contributed by atoms with Crippen LogP contribution in [0, 0.1) is 0 Å². The van der Waals surface area contributed by atoms with E-state index in [9.17, 15) is 9.59 Å². The summed E-state index contributed by atoms with van der Waals surface area (Å²) in [6.07, 6.45) is 10.4. The minimum absolute atomic E-state index is 0.177. The van der Waals surface area contributed by atoms with Crippen LogP contribution in [-0.2, 0) is 16.1 Å². The summed E-state index contributed by atoms with van der Waals surface area (Å²) >= 11 is 0. The molecule has 2 aliphatic rings. The van der Waals surface area contributed by atoms with Gasteiger partial charge in [0.25, 0.3) is 0 Å². The molecular formula is C31H35NO4. The molecule has 0 N–H and O–H groups in total. The minimum Gasteiger partial charge on any atom is -0.497 e. The maximum Gasteiger partial charge on any atom is 0.335 e. The molecule has 0 unspecified atom stereocenters. The van der Waals surface area contributed by atoms with Crippen molar-refractivity contribution < 1.29 is 19.1 Å². The summed E-state index contributed by atoms with van der Waals surface area (Å²) in [6.45, 7) is 2.50. The second-order valence-electron chi connectivity index (χ2n) is 10.1. The van der Waals surface area contributed by atoms with Crippen molar-refractivity contribution in [3.63, 3.8) is 0 Å². The third kappa shape index (κ3) is 4.36. The summed E-state index contributed by atoms with van der Waals surface area (Å²) in [5, 5.41) is 1.19. The smallest absolute Gasteiger partial charge is 0.335 e. The Hall–Kier alpha value is -3.34. The Morgan fingerprint density at radius 3 is 2.56 bits per heavy atom. The summed E-state index contributed by atoms with van der Waals surface area (Å²) in [7, 11) is 3.08. The zero-order valence-corrected chi connectivity index (χ0v) is 21.6. The van der Waals surface area contributed by atoms with E-state index in [1.54, 1.807) is 7.11 Å². The van der Waals surface area contributed by atoms with E-state index in [1.807, 2.05) is 30.3 Å². The molecule has 36 heavy (non-hydrogen) atoms. The highest BCUT2D eigenvalue weighted by atomic mass is 16.5. The highest BCUT2D eigenvalue weighted by molar-refractivity contribution is 6.04. The number of aromatic nitrogens is 1. The maximum atomic E-state index is 13.0. The van der Waals surface area contributed by atoms with E-state index >= 15 is 0 Å². The minimum atomic E-state index is -0.340. The zero-order valence-electron chi connectivity index (χ0n) is 21.6. The first kappa shape index (κ1) is 24.4. The molecule has 2 heterocycles. The van der Waals surface area contributed by atoms with Crippen LogP contribution in [0.5, 0.6) is 5.75 Å². The van der Waals surface area contributed by atoms with Gasteiger partial charge in [0.1, 0.15) is 5.75 Å². The largest absolute Gasteiger partial charge is 0.497 e. The Labute approximate surface area is 213 Å². The van der Waals surface area contributed by atoms with Crippen molar-refractivity contribution >= 4 is 28.7 Å². The first-order valence-corrected chi connectivity index (χ1v) is 13.2. The number of unbranched alkanes of at least 4 members (excludes halogenated alkanes) is 1. The van der Waals surface area contributed by atoms with Crippen molar-refractivity contribution in [1.29, 1.82) is 0 Å². The molecule has 5 rings (SSSR count). The third-order valence-electron chi connectivity index (χ3n) is 7.82. The second kappa shape index (κ2) is 10.3. The van der Waals surface area contributed by atoms with Gasteiger partial charge in [-0.1, -0.05) is 44.7 Å². The molecule has 0 spiro atoms. The van der Waals surface area contributed by atoms with Gasteiger partial charge in [-0.25, -0.2) is 4.79 Å². The van der Waals surface area contributed by atoms with Gasteiger partial charge < -0.3 is 14.0 Å². The lowest BCUT2D eigenvalue weighted by atomic mass is 9.81. The molecule has 0 radical (unpaired) electrons. The Morgan fingerprint density at radius 1 is 1.03 bits per heavy atom. The molecule has 0 amide bonds. The van der Waals surface area contributed by atoms with E-state index in [4.69, 9.17) is 9.47 Å². The number of hydrogen-bond donors (Lipinski definition) is 0. The van der Waals surface area contributed by atoms with Gasteiger partial charge in [0.15, 0.2) is 5.78 Å². The van der Waals surface area contributed by atoms with Crippen molar-refractivity contribution in [3.8, 4) is 17.0 Å². The number of esters is 1. The maximum absolute atomic E-state index is 13.0. The van der Waals surface area contributed by atoms with Crippen LogP contribution in [0.3, 0.4) is 0 Å². The van der Waals surface area contributed by atoms with Gasteiger partial charge in [-0.2, -0.15) is 0 Å². The second-order valence-corrected chi connectivity index (χ2v) is 10.1. The monoisotopic (exact) mass is 485 g/mol. The number of hydrogen-bond acceptors (Lipinski definition) is 4. The number of rotatable bonds is 7. The zero-order chi connectivity index (χ0) is 25.2. The molecule has 1 fully saturated rings. The molecule has 1 aromatic heterocycles. The average Bonchev–Trinajstić information content (AvgIpc) is 3.13. The van der Waals surface area contributed by atoms with Gasteiger partial charge in [0.2, 0.25) is 0 Å². The lowest BCUT2D eigenvalue weighted by molar-refractivity contribution is -0.136. The number of ether oxygens (including phenoxy) is 2. The third-order valence-corrected chi connectivity index (χ3v) is 7.82. The van der Waals surface area contributed by atoms with Gasteiger partial charge in [0, 0.05) is 28.5 Å². The average molecular weight is 486 g/mol. The summed E-state index contributed by atoms with van der Waals surface area (Å²) in [5.41, 5.74) is 6.89. The summed E-state index contributed by atoms with van der Waals surface area (Å²) in [4.78, 5) is 25.8. The van der Waals surface area contributed by atoms with E-state index in [1.165, 1.54) is 37.3 Å². The number of carbonyl (C=O) groups is 2. The van der Waals surface area contributed by atoms with Crippen molar-refractivity contribution in [2.24, 2.45) is 0 Å². The number of nitrogens with zero attached hydrogens (tertiary/aromatic N) is 1. The molecule has 3 aromatic rings. The van der Waals surface area contributed by atoms with Crippen LogP contribution in [-0.4, -0.2) is 30.5 Å². The quantitative estimate of drug-likeness (QED) is 0.260. The fourth-order valence-electron chi connectivity index (χ4n) is 5.95. The molecule has 2 aromatic carbocycles. The molecule has 1 saturated carbocycles. The number of carbonyl (C=O) groups excluding carboxylic acids is 2. The highest BCUT2D eigenvalue weighted by Gasteiger charge is 2.30. The molecule has 5 heteroatoms. The molecule has 0 bridgehead atoms. The van der Waals surface area contributed by atoms with Gasteiger partial charge in [-0.05, 0) is 66.6 Å². The fraction of sp³-hybridized carbons (Fsp3) is 0.419. The lowest BCUT2D eigenvalue weighted by Gasteiger charge is -2.24. The Morgan fingerprint density at radius 2 is 1.83 bits per heavy atom. The number of benzene rings is 2. The summed E-state index contributed by atoms with van der Waals surface area (Å²) in [6, 6.07) is 12.3. The van der Waals surface area contributed by atoms with Crippen molar-refractivity contribution in [1.82, 2.24) is 4.57 Å². The fourth-order valence-corrected chi connectivity index (χ4v) is 5.95. The molecular weight excluding hydrogens is 450 g/mol. The Balaban J connectivity index is 1.79. The lowest BCUT2D eigenvalue weighted by Crippen LogP contribution is -2.12. The number of fused-ring (bicyclic) bond motifs is 5. The van der Waals surface area contributed by atoms with Gasteiger partial charge >= 0.3 is 5.97 Å². The predicted molar refractivity (Wildman–Crippen MR) is 144 cm³/mol. The molecule has 188 valence electrons. The normalized spacial score (nSPS) is 15.6. The van der Waals surface area contributed by atoms with Crippen LogP contribution in [0.15, 0.2) is 42.0 Å². The topological polar surface area (TPSA) is 57.5 Å². The van der Waals surface area contributed by atoms with E-state index in [-0.39, 0.29) is 11.8 Å². The van der Waals surface area contributed by atoms with Crippen LogP contribution in [0.1, 0.15) is 85.7 Å². The van der Waals surface area contributed by atoms with Crippen LogP contribution in [0.2, 0.25) is 0 Å². The molecule has 1 aliphatic heterocycles. The van der Waals surface area contributed by atoms with Crippen molar-refractivity contribution in [2.45, 2.75) is 70.8 Å². The first-order chi connectivity index (χ1) is 17.5. The van der Waals surface area contributed by atoms with Gasteiger partial charge in [0.05, 0.1) is 32.0 Å². The van der Waals surface area contributed by atoms with Crippen LogP contribution >= 0.6 is 0 Å². The van der Waals surface area contributed by atoms with Gasteiger partial charge in [-0.3, -0.25) is 4.79 Å². The van der Waals surface area contributed by atoms with E-state index in [0.29, 0.717) is 24.5 Å². The number of methoxy groups -OCH3 is 2. The van der Waals surface area contributed by atoms with Crippen molar-refractivity contribution in [2.75, 3.05) is 14.2 Å². The molecule has 0 saturated heterocycles. The van der Waals surface area contributed by atoms with E-state index < -0.39 is 0 Å². The van der Waals surface area contributed by atoms with E-state index in [0.717, 1.165) is 59.3 Å². The van der Waals surface area contributed by atoms with Gasteiger partial charge in [-0.15, -0.1) is 0 Å². The molecule has 1 aliphatic carbocycles. The Bertz CT molecular complexity index is 1340. The van der Waals surface area contributed by atoms with Crippen LogP contribution in [0.25, 0.3) is 28.2 Å². The highest BCUT2D eigenvalue weighted by Crippen LogP contribution is 2.47. The number of ketones is 1. The van der Waals surface area contributed by atoms with Crippen LogP contribution < -0.4 is 4.74 Å². The standard InChI is InChI=1S/C31H35NO4/c1-4-5-11-28(33)21-12-14-26-27(18-21)32-19-23(31(34)36-3)16-22-17-24(35-2)13-15-25(22)30(32)29(26)20-9-7-6-8-10-20/h12-18,20H,4-11,19H2,1-3H3.